The van der Waals surface area contributed by atoms with Crippen molar-refractivity contribution < 1.29 is 9.59 Å². The first kappa shape index (κ1) is 27.7. The quantitative estimate of drug-likeness (QED) is 0.313. The molecule has 196 valence electrons. The maximum Gasteiger partial charge on any atom is 0.255 e. The van der Waals surface area contributed by atoms with E-state index in [0.717, 1.165) is 12.0 Å². The van der Waals surface area contributed by atoms with Crippen LogP contribution < -0.4 is 0 Å². The number of rotatable bonds is 6. The molecule has 0 N–H and O–H groups in total. The summed E-state index contributed by atoms with van der Waals surface area (Å²) < 4.78 is 0. The van der Waals surface area contributed by atoms with Crippen molar-refractivity contribution in [3.8, 4) is 0 Å². The van der Waals surface area contributed by atoms with Crippen LogP contribution in [-0.2, 0) is 16.6 Å². The zero-order valence-electron chi connectivity index (χ0n) is 22.1. The van der Waals surface area contributed by atoms with E-state index < -0.39 is 0 Å². The third kappa shape index (κ3) is 6.22. The normalized spacial score (nSPS) is 15.6. The van der Waals surface area contributed by atoms with Crippen molar-refractivity contribution in [2.24, 2.45) is 5.92 Å². The van der Waals surface area contributed by atoms with Crippen molar-refractivity contribution in [1.29, 1.82) is 0 Å². The zero-order valence-corrected chi connectivity index (χ0v) is 24.4. The second-order valence-corrected chi connectivity index (χ2v) is 13.0. The number of thiophene rings is 1. The molecule has 1 aliphatic rings. The number of nitrogens with zero attached hydrogens (tertiary/aromatic N) is 2. The molecule has 1 aliphatic heterocycles. The number of amides is 2. The number of benzene rings is 2. The Morgan fingerprint density at radius 1 is 1.08 bits per heavy atom. The van der Waals surface area contributed by atoms with Gasteiger partial charge in [-0.05, 0) is 64.1 Å². The van der Waals surface area contributed by atoms with Crippen LogP contribution in [0, 0.1) is 5.92 Å². The topological polar surface area (TPSA) is 40.6 Å². The molecule has 1 aromatic heterocycles. The maximum atomic E-state index is 13.9. The standard InChI is InChI=1S/C30H34Cl2N2O2S/c1-19(2)17-33(29(36)23-11-10-22(31)16-25(23)32)18-27(35)34-14-12-26-24(13-15-37-26)28(34)20-6-8-21(9-7-20)30(3,4)5/h6-11,13,15-16,19,28H,12,14,17-18H2,1-5H3/t28-/m1/s1. The van der Waals surface area contributed by atoms with Crippen LogP contribution in [0.1, 0.15) is 72.6 Å². The van der Waals surface area contributed by atoms with Crippen molar-refractivity contribution in [3.05, 3.63) is 91.1 Å². The van der Waals surface area contributed by atoms with Gasteiger partial charge in [-0.2, -0.15) is 0 Å². The molecule has 0 bridgehead atoms. The minimum atomic E-state index is -0.261. The lowest BCUT2D eigenvalue weighted by Gasteiger charge is -2.38. The number of halogens is 2. The van der Waals surface area contributed by atoms with E-state index in [0.29, 0.717) is 23.7 Å². The summed E-state index contributed by atoms with van der Waals surface area (Å²) in [6.07, 6.45) is 0.816. The Kier molecular flexibility index (Phi) is 8.37. The van der Waals surface area contributed by atoms with E-state index >= 15 is 0 Å². The van der Waals surface area contributed by atoms with Gasteiger partial charge in [0.2, 0.25) is 5.91 Å². The van der Waals surface area contributed by atoms with Crippen LogP contribution in [0.4, 0.5) is 0 Å². The minimum Gasteiger partial charge on any atom is -0.330 e. The fourth-order valence-corrected chi connectivity index (χ4v) is 6.25. The molecular weight excluding hydrogens is 523 g/mol. The molecule has 0 fully saturated rings. The third-order valence-corrected chi connectivity index (χ3v) is 8.28. The molecule has 4 nitrogen and oxygen atoms in total. The van der Waals surface area contributed by atoms with Crippen LogP contribution in [-0.4, -0.2) is 41.2 Å². The van der Waals surface area contributed by atoms with Gasteiger partial charge in [0, 0.05) is 23.0 Å². The van der Waals surface area contributed by atoms with Gasteiger partial charge in [0.05, 0.1) is 16.6 Å². The molecular formula is C30H34Cl2N2O2S. The fraction of sp³-hybridized carbons (Fsp3) is 0.400. The van der Waals surface area contributed by atoms with Crippen molar-refractivity contribution in [2.75, 3.05) is 19.6 Å². The molecule has 4 rings (SSSR count). The first-order chi connectivity index (χ1) is 17.5. The van der Waals surface area contributed by atoms with Gasteiger partial charge >= 0.3 is 0 Å². The first-order valence-corrected chi connectivity index (χ1v) is 14.3. The zero-order chi connectivity index (χ0) is 26.9. The molecule has 1 atom stereocenters. The molecule has 37 heavy (non-hydrogen) atoms. The Hall–Kier alpha value is -2.34. The van der Waals surface area contributed by atoms with Crippen LogP contribution in [0.3, 0.4) is 0 Å². The SMILES string of the molecule is CC(C)CN(CC(=O)N1CCc2sccc2[C@H]1c1ccc(C(C)(C)C)cc1)C(=O)c1ccc(Cl)cc1Cl. The predicted octanol–water partition coefficient (Wildman–Crippen LogP) is 7.62. The molecule has 0 unspecified atom stereocenters. The molecule has 0 saturated heterocycles. The molecule has 7 heteroatoms. The van der Waals surface area contributed by atoms with Gasteiger partial charge in [-0.1, -0.05) is 82.1 Å². The van der Waals surface area contributed by atoms with Gasteiger partial charge in [-0.15, -0.1) is 11.3 Å². The second-order valence-electron chi connectivity index (χ2n) is 11.1. The first-order valence-electron chi connectivity index (χ1n) is 12.7. The van der Waals surface area contributed by atoms with Gasteiger partial charge in [0.25, 0.3) is 5.91 Å². The lowest BCUT2D eigenvalue weighted by Crippen LogP contribution is -2.47. The summed E-state index contributed by atoms with van der Waals surface area (Å²) in [4.78, 5) is 32.3. The highest BCUT2D eigenvalue weighted by Gasteiger charge is 2.34. The van der Waals surface area contributed by atoms with Crippen molar-refractivity contribution in [2.45, 2.75) is 52.5 Å². The summed E-state index contributed by atoms with van der Waals surface area (Å²) in [5.74, 6) is -0.141. The molecule has 0 aliphatic carbocycles. The van der Waals surface area contributed by atoms with Crippen LogP contribution in [0.2, 0.25) is 10.0 Å². The van der Waals surface area contributed by atoms with E-state index in [4.69, 9.17) is 23.2 Å². The minimum absolute atomic E-state index is 0.00792. The summed E-state index contributed by atoms with van der Waals surface area (Å²) in [7, 11) is 0. The average Bonchev–Trinajstić information content (AvgIpc) is 3.31. The number of hydrogen-bond donors (Lipinski definition) is 0. The van der Waals surface area contributed by atoms with Crippen LogP contribution in [0.25, 0.3) is 0 Å². The Balaban J connectivity index is 1.64. The predicted molar refractivity (Wildman–Crippen MR) is 154 cm³/mol. The average molecular weight is 558 g/mol. The lowest BCUT2D eigenvalue weighted by molar-refractivity contribution is -0.134. The molecule has 0 spiro atoms. The van der Waals surface area contributed by atoms with E-state index in [-0.39, 0.29) is 40.8 Å². The summed E-state index contributed by atoms with van der Waals surface area (Å²) in [6, 6.07) is 15.4. The Morgan fingerprint density at radius 2 is 1.78 bits per heavy atom. The summed E-state index contributed by atoms with van der Waals surface area (Å²) in [5, 5.41) is 2.86. The fourth-order valence-electron chi connectivity index (χ4n) is 4.86. The van der Waals surface area contributed by atoms with Crippen LogP contribution >= 0.6 is 34.5 Å². The highest BCUT2D eigenvalue weighted by atomic mass is 35.5. The maximum absolute atomic E-state index is 13.9. The lowest BCUT2D eigenvalue weighted by atomic mass is 9.85. The molecule has 0 saturated carbocycles. The van der Waals surface area contributed by atoms with Crippen molar-refractivity contribution in [3.63, 3.8) is 0 Å². The second kappa shape index (κ2) is 11.2. The van der Waals surface area contributed by atoms with Gasteiger partial charge in [-0.25, -0.2) is 0 Å². The Labute approximate surface area is 234 Å². The Morgan fingerprint density at radius 3 is 2.41 bits per heavy atom. The number of fused-ring (bicyclic) bond motifs is 1. The highest BCUT2D eigenvalue weighted by molar-refractivity contribution is 7.10. The largest absolute Gasteiger partial charge is 0.330 e. The summed E-state index contributed by atoms with van der Waals surface area (Å²) >= 11 is 14.1. The smallest absolute Gasteiger partial charge is 0.255 e. The van der Waals surface area contributed by atoms with Gasteiger partial charge in [0.15, 0.2) is 0 Å². The Bertz CT molecular complexity index is 1280. The molecule has 3 aromatic rings. The number of hydrogen-bond acceptors (Lipinski definition) is 3. The van der Waals surface area contributed by atoms with Crippen molar-refractivity contribution >= 4 is 46.4 Å². The molecule has 2 heterocycles. The monoisotopic (exact) mass is 556 g/mol. The van der Waals surface area contributed by atoms with Crippen molar-refractivity contribution in [1.82, 2.24) is 9.80 Å². The summed E-state index contributed by atoms with van der Waals surface area (Å²) in [6.45, 7) is 11.7. The third-order valence-electron chi connectivity index (χ3n) is 6.74. The number of carbonyl (C=O) groups excluding carboxylic acids is 2. The highest BCUT2D eigenvalue weighted by Crippen LogP contribution is 2.38. The van der Waals surface area contributed by atoms with Crippen LogP contribution in [0.5, 0.6) is 0 Å². The van der Waals surface area contributed by atoms with Gasteiger partial charge < -0.3 is 9.80 Å². The van der Waals surface area contributed by atoms with E-state index in [9.17, 15) is 9.59 Å². The van der Waals surface area contributed by atoms with E-state index in [1.165, 1.54) is 16.0 Å². The molecule has 2 amide bonds. The van der Waals surface area contributed by atoms with E-state index in [1.54, 1.807) is 34.4 Å². The van der Waals surface area contributed by atoms with Gasteiger partial charge in [-0.3, -0.25) is 9.59 Å². The molecule has 2 aromatic carbocycles. The number of carbonyl (C=O) groups is 2. The van der Waals surface area contributed by atoms with Gasteiger partial charge in [0.1, 0.15) is 6.54 Å². The molecule has 0 radical (unpaired) electrons. The van der Waals surface area contributed by atoms with E-state index in [1.807, 2.05) is 18.7 Å². The summed E-state index contributed by atoms with van der Waals surface area (Å²) in [5.41, 5.74) is 3.92. The van der Waals surface area contributed by atoms with E-state index in [2.05, 4.69) is 56.5 Å². The van der Waals surface area contributed by atoms with Crippen LogP contribution in [0.15, 0.2) is 53.9 Å².